The van der Waals surface area contributed by atoms with Crippen molar-refractivity contribution in [2.75, 3.05) is 25.5 Å². The molecule has 0 aromatic heterocycles. The molecule has 1 aromatic rings. The topological polar surface area (TPSA) is 61.4 Å². The molecule has 1 saturated carbocycles. The fourth-order valence-electron chi connectivity index (χ4n) is 3.22. The number of nitrogens with zero attached hydrogens (tertiary/aromatic N) is 1. The van der Waals surface area contributed by atoms with Gasteiger partial charge in [0.25, 0.3) is 5.91 Å². The Kier molecular flexibility index (Phi) is 6.02. The van der Waals surface area contributed by atoms with E-state index in [4.69, 9.17) is 0 Å². The van der Waals surface area contributed by atoms with Crippen LogP contribution < -0.4 is 15.5 Å². The van der Waals surface area contributed by atoms with E-state index < -0.39 is 0 Å². The highest BCUT2D eigenvalue weighted by atomic mass is 16.2. The fraction of sp³-hybridized carbons (Fsp3) is 0.556. The number of hydrogen-bond donors (Lipinski definition) is 2. The van der Waals surface area contributed by atoms with Gasteiger partial charge in [0, 0.05) is 37.9 Å². The second-order valence-corrected chi connectivity index (χ2v) is 6.20. The lowest BCUT2D eigenvalue weighted by atomic mass is 10.0. The summed E-state index contributed by atoms with van der Waals surface area (Å²) >= 11 is 0. The van der Waals surface area contributed by atoms with E-state index in [9.17, 15) is 9.59 Å². The highest BCUT2D eigenvalue weighted by Crippen LogP contribution is 2.26. The van der Waals surface area contributed by atoms with Gasteiger partial charge in [-0.1, -0.05) is 13.3 Å². The quantitative estimate of drug-likeness (QED) is 0.845. The summed E-state index contributed by atoms with van der Waals surface area (Å²) in [5.41, 5.74) is 1.74. The first kappa shape index (κ1) is 17.3. The Labute approximate surface area is 138 Å². The molecule has 5 heteroatoms. The van der Waals surface area contributed by atoms with Crippen LogP contribution in [0, 0.1) is 5.92 Å². The number of carbonyl (C=O) groups excluding carboxylic acids is 2. The fourth-order valence-corrected chi connectivity index (χ4v) is 3.22. The minimum absolute atomic E-state index is 0.0179. The molecule has 0 spiro atoms. The van der Waals surface area contributed by atoms with Crippen molar-refractivity contribution in [2.24, 2.45) is 5.92 Å². The maximum absolute atomic E-state index is 12.4. The van der Waals surface area contributed by atoms with E-state index in [2.05, 4.69) is 22.5 Å². The van der Waals surface area contributed by atoms with E-state index >= 15 is 0 Å². The van der Waals surface area contributed by atoms with Crippen LogP contribution in [0.3, 0.4) is 0 Å². The average Bonchev–Trinajstić information content (AvgIpc) is 3.02. The third-order valence-electron chi connectivity index (χ3n) is 4.54. The van der Waals surface area contributed by atoms with Crippen molar-refractivity contribution in [2.45, 2.75) is 38.6 Å². The highest BCUT2D eigenvalue weighted by molar-refractivity contribution is 5.95. The predicted molar refractivity (Wildman–Crippen MR) is 92.7 cm³/mol. The largest absolute Gasteiger partial charge is 0.375 e. The van der Waals surface area contributed by atoms with Crippen LogP contribution >= 0.6 is 0 Å². The van der Waals surface area contributed by atoms with E-state index in [0.717, 1.165) is 37.9 Å². The minimum Gasteiger partial charge on any atom is -0.375 e. The molecular formula is C18H27N3O2. The molecule has 0 bridgehead atoms. The van der Waals surface area contributed by atoms with Crippen LogP contribution in [-0.4, -0.2) is 38.5 Å². The van der Waals surface area contributed by atoms with Gasteiger partial charge in [-0.15, -0.1) is 0 Å². The van der Waals surface area contributed by atoms with Gasteiger partial charge in [-0.3, -0.25) is 9.59 Å². The van der Waals surface area contributed by atoms with Crippen LogP contribution in [0.1, 0.15) is 43.0 Å². The number of carbonyl (C=O) groups is 2. The maximum atomic E-state index is 12.4. The van der Waals surface area contributed by atoms with Crippen LogP contribution in [0.2, 0.25) is 0 Å². The standard InChI is InChI=1S/C18H27N3O2/c1-4-12-21(3)14-10-8-13(9-11-14)17(22)20-16-7-5-6-15(16)18(23)19-2/h8-11,15-16H,4-7,12H2,1-3H3,(H,19,23)(H,20,22)/t15-,16+/m0/s1. The molecular weight excluding hydrogens is 290 g/mol. The molecule has 0 radical (unpaired) electrons. The number of amides is 2. The average molecular weight is 317 g/mol. The third kappa shape index (κ3) is 4.24. The Morgan fingerprint density at radius 3 is 2.52 bits per heavy atom. The number of anilines is 1. The van der Waals surface area contributed by atoms with E-state index in [1.807, 2.05) is 31.3 Å². The van der Waals surface area contributed by atoms with Crippen LogP contribution in [-0.2, 0) is 4.79 Å². The molecule has 2 atom stereocenters. The van der Waals surface area contributed by atoms with Crippen molar-refractivity contribution in [3.8, 4) is 0 Å². The summed E-state index contributed by atoms with van der Waals surface area (Å²) in [5.74, 6) is -0.196. The van der Waals surface area contributed by atoms with Gasteiger partial charge in [0.2, 0.25) is 5.91 Å². The maximum Gasteiger partial charge on any atom is 0.251 e. The monoisotopic (exact) mass is 317 g/mol. The second kappa shape index (κ2) is 7.99. The second-order valence-electron chi connectivity index (χ2n) is 6.20. The number of rotatable bonds is 6. The number of benzene rings is 1. The summed E-state index contributed by atoms with van der Waals surface area (Å²) in [6.45, 7) is 3.13. The minimum atomic E-state index is -0.112. The molecule has 2 N–H and O–H groups in total. The van der Waals surface area contributed by atoms with Gasteiger partial charge < -0.3 is 15.5 Å². The summed E-state index contributed by atoms with van der Waals surface area (Å²) in [4.78, 5) is 26.4. The summed E-state index contributed by atoms with van der Waals surface area (Å²) in [7, 11) is 3.69. The summed E-state index contributed by atoms with van der Waals surface area (Å²) in [6, 6.07) is 7.57. The zero-order chi connectivity index (χ0) is 16.8. The first-order valence-corrected chi connectivity index (χ1v) is 8.40. The zero-order valence-corrected chi connectivity index (χ0v) is 14.3. The van der Waals surface area contributed by atoms with Gasteiger partial charge in [-0.2, -0.15) is 0 Å². The molecule has 0 heterocycles. The number of nitrogens with one attached hydrogen (secondary N) is 2. The predicted octanol–water partition coefficient (Wildman–Crippen LogP) is 2.18. The van der Waals surface area contributed by atoms with Crippen molar-refractivity contribution in [1.82, 2.24) is 10.6 Å². The van der Waals surface area contributed by atoms with Crippen LogP contribution in [0.25, 0.3) is 0 Å². The lowest BCUT2D eigenvalue weighted by molar-refractivity contribution is -0.124. The van der Waals surface area contributed by atoms with Gasteiger partial charge in [-0.05, 0) is 43.5 Å². The normalized spacial score (nSPS) is 20.1. The molecule has 0 saturated heterocycles. The Balaban J connectivity index is 1.99. The lowest BCUT2D eigenvalue weighted by Gasteiger charge is -2.21. The summed E-state index contributed by atoms with van der Waals surface area (Å²) in [6.07, 6.45) is 3.76. The number of hydrogen-bond acceptors (Lipinski definition) is 3. The smallest absolute Gasteiger partial charge is 0.251 e. The SMILES string of the molecule is CCCN(C)c1ccc(C(=O)N[C@@H]2CCC[C@@H]2C(=O)NC)cc1. The molecule has 126 valence electrons. The van der Waals surface area contributed by atoms with Crippen molar-refractivity contribution in [3.05, 3.63) is 29.8 Å². The molecule has 2 amide bonds. The first-order valence-electron chi connectivity index (χ1n) is 8.40. The molecule has 1 fully saturated rings. The van der Waals surface area contributed by atoms with Gasteiger partial charge in [0.15, 0.2) is 0 Å². The Morgan fingerprint density at radius 1 is 1.22 bits per heavy atom. The Bertz CT molecular complexity index is 542. The van der Waals surface area contributed by atoms with Gasteiger partial charge in [0.05, 0.1) is 5.92 Å². The molecule has 1 aliphatic rings. The van der Waals surface area contributed by atoms with Crippen molar-refractivity contribution >= 4 is 17.5 Å². The zero-order valence-electron chi connectivity index (χ0n) is 14.3. The van der Waals surface area contributed by atoms with Gasteiger partial charge in [-0.25, -0.2) is 0 Å². The van der Waals surface area contributed by atoms with Crippen LogP contribution in [0.15, 0.2) is 24.3 Å². The van der Waals surface area contributed by atoms with Crippen LogP contribution in [0.5, 0.6) is 0 Å². The molecule has 0 aliphatic heterocycles. The molecule has 0 unspecified atom stereocenters. The Hall–Kier alpha value is -2.04. The van der Waals surface area contributed by atoms with Gasteiger partial charge in [0.1, 0.15) is 0 Å². The van der Waals surface area contributed by atoms with Crippen LogP contribution in [0.4, 0.5) is 5.69 Å². The lowest BCUT2D eigenvalue weighted by Crippen LogP contribution is -2.43. The summed E-state index contributed by atoms with van der Waals surface area (Å²) < 4.78 is 0. The summed E-state index contributed by atoms with van der Waals surface area (Å²) in [5, 5.41) is 5.71. The molecule has 23 heavy (non-hydrogen) atoms. The first-order chi connectivity index (χ1) is 11.1. The Morgan fingerprint density at radius 2 is 1.91 bits per heavy atom. The van der Waals surface area contributed by atoms with Crippen molar-refractivity contribution in [3.63, 3.8) is 0 Å². The third-order valence-corrected chi connectivity index (χ3v) is 4.54. The molecule has 1 aliphatic carbocycles. The van der Waals surface area contributed by atoms with Gasteiger partial charge >= 0.3 is 0 Å². The van der Waals surface area contributed by atoms with E-state index in [-0.39, 0.29) is 23.8 Å². The van der Waals surface area contributed by atoms with E-state index in [1.165, 1.54) is 0 Å². The molecule has 1 aromatic carbocycles. The van der Waals surface area contributed by atoms with E-state index in [1.54, 1.807) is 7.05 Å². The van der Waals surface area contributed by atoms with E-state index in [0.29, 0.717) is 5.56 Å². The van der Waals surface area contributed by atoms with Crippen molar-refractivity contribution < 1.29 is 9.59 Å². The molecule has 5 nitrogen and oxygen atoms in total. The highest BCUT2D eigenvalue weighted by Gasteiger charge is 2.33. The van der Waals surface area contributed by atoms with Crippen molar-refractivity contribution in [1.29, 1.82) is 0 Å². The molecule has 2 rings (SSSR count).